The van der Waals surface area contributed by atoms with Crippen LogP contribution in [0.2, 0.25) is 0 Å². The van der Waals surface area contributed by atoms with Gasteiger partial charge in [-0.3, -0.25) is 24.9 Å². The average Bonchev–Trinajstić information content (AvgIpc) is 3.61. The minimum Gasteiger partial charge on any atom is -0.311 e. The molecule has 0 bridgehead atoms. The zero-order valence-corrected chi connectivity index (χ0v) is 28.6. The Morgan fingerprint density at radius 1 is 0.365 bits per heavy atom. The van der Waals surface area contributed by atoms with Crippen molar-refractivity contribution in [2.24, 2.45) is 0 Å². The zero-order chi connectivity index (χ0) is 34.4. The molecular formula is C45H28N6S. The molecule has 6 nitrogen and oxygen atoms in total. The highest BCUT2D eigenvalue weighted by Gasteiger charge is 2.16. The minimum atomic E-state index is 0.880. The highest BCUT2D eigenvalue weighted by atomic mass is 32.1. The van der Waals surface area contributed by atoms with Crippen molar-refractivity contribution in [2.75, 3.05) is 4.90 Å². The lowest BCUT2D eigenvalue weighted by atomic mass is 10.0. The van der Waals surface area contributed by atoms with Crippen LogP contribution in [0.1, 0.15) is 0 Å². The van der Waals surface area contributed by atoms with Gasteiger partial charge in [0.05, 0.1) is 27.8 Å². The van der Waals surface area contributed by atoms with Crippen LogP contribution in [0.15, 0.2) is 171 Å². The van der Waals surface area contributed by atoms with Crippen molar-refractivity contribution < 1.29 is 0 Å². The van der Waals surface area contributed by atoms with Gasteiger partial charge in [-0.2, -0.15) is 0 Å². The molecule has 0 N–H and O–H groups in total. The third kappa shape index (κ3) is 5.32. The van der Waals surface area contributed by atoms with Crippen LogP contribution >= 0.6 is 11.3 Å². The minimum absolute atomic E-state index is 0.880. The summed E-state index contributed by atoms with van der Waals surface area (Å²) in [7, 11) is 0. The Morgan fingerprint density at radius 2 is 0.846 bits per heavy atom. The number of hydrogen-bond acceptors (Lipinski definition) is 7. The molecule has 4 aromatic heterocycles. The number of aromatic nitrogens is 5. The third-order valence-corrected chi connectivity index (χ3v) is 10.7. The number of pyridine rings is 1. The Morgan fingerprint density at radius 3 is 1.40 bits per heavy atom. The lowest BCUT2D eigenvalue weighted by molar-refractivity contribution is 1.28. The SMILES string of the molecule is c1ccc2c(c1)sc1ccnc(-c3ccc(N(c4ccc(-c5ccc6nccnc6c5)cc4)c4ccc(-c5ccc6nccnc6c5)cc4)cc3)c12. The van der Waals surface area contributed by atoms with E-state index in [2.05, 4.69) is 152 Å². The number of anilines is 3. The summed E-state index contributed by atoms with van der Waals surface area (Å²) in [6.07, 6.45) is 8.83. The van der Waals surface area contributed by atoms with Crippen LogP contribution in [0, 0.1) is 0 Å². The number of nitrogens with zero attached hydrogens (tertiary/aromatic N) is 6. The molecule has 0 aliphatic carbocycles. The molecule has 52 heavy (non-hydrogen) atoms. The maximum absolute atomic E-state index is 4.88. The molecule has 0 aliphatic heterocycles. The second-order valence-corrected chi connectivity index (χ2v) is 13.7. The maximum atomic E-state index is 4.88. The van der Waals surface area contributed by atoms with Crippen molar-refractivity contribution in [1.29, 1.82) is 0 Å². The second kappa shape index (κ2) is 12.5. The van der Waals surface area contributed by atoms with E-state index in [1.807, 2.05) is 29.7 Å². The number of fused-ring (bicyclic) bond motifs is 5. The van der Waals surface area contributed by atoms with Crippen molar-refractivity contribution in [1.82, 2.24) is 24.9 Å². The summed E-state index contributed by atoms with van der Waals surface area (Å²) >= 11 is 1.81. The molecule has 10 aromatic rings. The van der Waals surface area contributed by atoms with Gasteiger partial charge in [0.15, 0.2) is 0 Å². The van der Waals surface area contributed by atoms with E-state index in [0.29, 0.717) is 0 Å². The first-order valence-electron chi connectivity index (χ1n) is 17.0. The van der Waals surface area contributed by atoms with Gasteiger partial charge < -0.3 is 4.90 Å². The fourth-order valence-electron chi connectivity index (χ4n) is 7.00. The lowest BCUT2D eigenvalue weighted by Gasteiger charge is -2.26. The summed E-state index contributed by atoms with van der Waals surface area (Å²) in [6.45, 7) is 0. The van der Waals surface area contributed by atoms with E-state index >= 15 is 0 Å². The van der Waals surface area contributed by atoms with Gasteiger partial charge in [0, 0.05) is 73.8 Å². The van der Waals surface area contributed by atoms with Crippen LogP contribution in [0.3, 0.4) is 0 Å². The summed E-state index contributed by atoms with van der Waals surface area (Å²) in [5.41, 5.74) is 13.2. The Balaban J connectivity index is 1.04. The molecule has 0 saturated heterocycles. The average molecular weight is 685 g/mol. The highest BCUT2D eigenvalue weighted by Crippen LogP contribution is 2.41. The van der Waals surface area contributed by atoms with Crippen LogP contribution in [-0.4, -0.2) is 24.9 Å². The van der Waals surface area contributed by atoms with E-state index in [0.717, 1.165) is 72.6 Å². The van der Waals surface area contributed by atoms with Crippen LogP contribution in [0.5, 0.6) is 0 Å². The Kier molecular flexibility index (Phi) is 7.22. The molecule has 0 radical (unpaired) electrons. The largest absolute Gasteiger partial charge is 0.311 e. The second-order valence-electron chi connectivity index (χ2n) is 12.6. The van der Waals surface area contributed by atoms with Gasteiger partial charge in [-0.25, -0.2) is 0 Å². The number of thiophene rings is 1. The fraction of sp³-hybridized carbons (Fsp3) is 0. The first-order valence-corrected chi connectivity index (χ1v) is 17.9. The zero-order valence-electron chi connectivity index (χ0n) is 27.8. The molecule has 0 fully saturated rings. The number of rotatable bonds is 6. The molecule has 0 saturated carbocycles. The summed E-state index contributed by atoms with van der Waals surface area (Å²) in [4.78, 5) is 25.1. The molecule has 0 atom stereocenters. The number of benzene rings is 6. The van der Waals surface area contributed by atoms with Crippen LogP contribution in [-0.2, 0) is 0 Å². The van der Waals surface area contributed by atoms with Crippen molar-refractivity contribution in [3.8, 4) is 33.5 Å². The monoisotopic (exact) mass is 684 g/mol. The summed E-state index contributed by atoms with van der Waals surface area (Å²) in [6, 6.07) is 49.3. The van der Waals surface area contributed by atoms with Crippen LogP contribution in [0.4, 0.5) is 17.1 Å². The normalized spacial score (nSPS) is 11.5. The molecule has 6 aromatic carbocycles. The van der Waals surface area contributed by atoms with Gasteiger partial charge >= 0.3 is 0 Å². The Labute approximate surface area is 303 Å². The van der Waals surface area contributed by atoms with E-state index in [9.17, 15) is 0 Å². The van der Waals surface area contributed by atoms with Crippen molar-refractivity contribution in [3.05, 3.63) is 171 Å². The standard InChI is InChI=1S/C45H28N6S/c1-2-4-42-37(3-1)44-43(52-42)21-22-50-45(44)31-9-17-36(18-10-31)51(34-13-5-29(6-14-34)32-11-19-38-40(27-32)48-25-23-46-38)35-15-7-30(8-16-35)33-12-20-39-41(28-33)49-26-24-47-39/h1-28H. The summed E-state index contributed by atoms with van der Waals surface area (Å²) in [5, 5.41) is 2.45. The first-order chi connectivity index (χ1) is 25.7. The maximum Gasteiger partial charge on any atom is 0.0892 e. The molecule has 0 unspecified atom stereocenters. The van der Waals surface area contributed by atoms with E-state index in [-0.39, 0.29) is 0 Å². The molecule has 0 amide bonds. The molecule has 4 heterocycles. The van der Waals surface area contributed by atoms with Crippen molar-refractivity contribution in [3.63, 3.8) is 0 Å². The molecule has 244 valence electrons. The third-order valence-electron chi connectivity index (χ3n) is 9.54. The summed E-state index contributed by atoms with van der Waals surface area (Å²) in [5.74, 6) is 0. The number of hydrogen-bond donors (Lipinski definition) is 0. The Hall–Kier alpha value is -6.83. The van der Waals surface area contributed by atoms with E-state index < -0.39 is 0 Å². The molecule has 10 rings (SSSR count). The topological polar surface area (TPSA) is 67.7 Å². The van der Waals surface area contributed by atoms with Gasteiger partial charge in [-0.1, -0.05) is 66.7 Å². The Bertz CT molecular complexity index is 2780. The van der Waals surface area contributed by atoms with Crippen LogP contribution < -0.4 is 4.90 Å². The van der Waals surface area contributed by atoms with Crippen molar-refractivity contribution >= 4 is 70.6 Å². The first kappa shape index (κ1) is 30.0. The van der Waals surface area contributed by atoms with Gasteiger partial charge in [0.25, 0.3) is 0 Å². The summed E-state index contributed by atoms with van der Waals surface area (Å²) < 4.78 is 2.52. The predicted octanol–water partition coefficient (Wildman–Crippen LogP) is 11.8. The van der Waals surface area contributed by atoms with E-state index in [4.69, 9.17) is 4.98 Å². The molecule has 0 spiro atoms. The fourth-order valence-corrected chi connectivity index (χ4v) is 8.10. The van der Waals surface area contributed by atoms with Gasteiger partial charge in [0.1, 0.15) is 0 Å². The lowest BCUT2D eigenvalue weighted by Crippen LogP contribution is -2.09. The van der Waals surface area contributed by atoms with Crippen LogP contribution in [0.25, 0.3) is 75.8 Å². The molecule has 7 heteroatoms. The quantitative estimate of drug-likeness (QED) is 0.174. The van der Waals surface area contributed by atoms with Gasteiger partial charge in [0.2, 0.25) is 0 Å². The van der Waals surface area contributed by atoms with Crippen molar-refractivity contribution in [2.45, 2.75) is 0 Å². The highest BCUT2D eigenvalue weighted by molar-refractivity contribution is 7.25. The van der Waals surface area contributed by atoms with E-state index in [1.165, 1.54) is 20.2 Å². The molecule has 0 aliphatic rings. The molecular weight excluding hydrogens is 657 g/mol. The van der Waals surface area contributed by atoms with Gasteiger partial charge in [-0.15, -0.1) is 11.3 Å². The van der Waals surface area contributed by atoms with Gasteiger partial charge in [-0.05, 0) is 95.1 Å². The predicted molar refractivity (Wildman–Crippen MR) is 214 cm³/mol. The smallest absolute Gasteiger partial charge is 0.0892 e. The van der Waals surface area contributed by atoms with E-state index in [1.54, 1.807) is 24.8 Å².